The van der Waals surface area contributed by atoms with Crippen LogP contribution < -0.4 is 4.90 Å². The molecule has 458 valence electrons. The molecular formula is C61H97N2O18+. The van der Waals surface area contributed by atoms with E-state index in [9.17, 15) is 4.79 Å². The predicted molar refractivity (Wildman–Crippen MR) is 309 cm³/mol. The number of aliphatic carboxylic acids is 1. The van der Waals surface area contributed by atoms with Crippen molar-refractivity contribution in [3.8, 4) is 0 Å². The van der Waals surface area contributed by atoms with E-state index >= 15 is 0 Å². The summed E-state index contributed by atoms with van der Waals surface area (Å²) in [7, 11) is 4.97. The molecule has 20 heteroatoms. The Bertz CT molecular complexity index is 2070. The van der Waals surface area contributed by atoms with Gasteiger partial charge in [0.15, 0.2) is 12.3 Å². The molecule has 2 unspecified atom stereocenters. The molecule has 2 aromatic rings. The first-order chi connectivity index (χ1) is 39.8. The Balaban J connectivity index is 1.48. The number of carbonyl (C=O) groups is 1. The molecule has 0 radical (unpaired) electrons. The van der Waals surface area contributed by atoms with Crippen LogP contribution in [0.5, 0.6) is 0 Å². The molecular weight excluding hydrogens is 1050 g/mol. The Morgan fingerprint density at radius 3 is 1.33 bits per heavy atom. The third-order valence-corrected chi connectivity index (χ3v) is 13.5. The minimum Gasteiger partial charge on any atom is -0.481 e. The maximum Gasteiger partial charge on any atom is 0.305 e. The number of fused-ring (bicyclic) bond motifs is 2. The molecule has 0 amide bonds. The van der Waals surface area contributed by atoms with Crippen molar-refractivity contribution in [1.82, 2.24) is 0 Å². The van der Waals surface area contributed by atoms with Crippen LogP contribution in [-0.2, 0) is 91.4 Å². The lowest BCUT2D eigenvalue weighted by atomic mass is 9.76. The zero-order valence-corrected chi connectivity index (χ0v) is 49.3. The first-order valence-electron chi connectivity index (χ1n) is 28.7. The second-order valence-electron chi connectivity index (χ2n) is 19.3. The van der Waals surface area contributed by atoms with Gasteiger partial charge in [0.2, 0.25) is 5.69 Å². The summed E-state index contributed by atoms with van der Waals surface area (Å²) in [6, 6.07) is 17.2. The van der Waals surface area contributed by atoms with Crippen LogP contribution in [-0.4, -0.2) is 247 Å². The fraction of sp³-hybridized carbons (Fsp3) is 0.672. The monoisotopic (exact) mass is 1150 g/mol. The summed E-state index contributed by atoms with van der Waals surface area (Å²) in [6.45, 7) is 19.8. The van der Waals surface area contributed by atoms with Crippen molar-refractivity contribution in [3.05, 3.63) is 95.7 Å². The first kappa shape index (κ1) is 69.5. The van der Waals surface area contributed by atoms with Crippen LogP contribution in [0.15, 0.2) is 84.6 Å². The van der Waals surface area contributed by atoms with E-state index in [0.29, 0.717) is 198 Å². The van der Waals surface area contributed by atoms with Gasteiger partial charge in [-0.1, -0.05) is 54.6 Å². The number of hydrogen-bond acceptors (Lipinski definition) is 18. The smallest absolute Gasteiger partial charge is 0.305 e. The van der Waals surface area contributed by atoms with E-state index in [4.69, 9.17) is 80.9 Å². The van der Waals surface area contributed by atoms with Gasteiger partial charge in [-0.15, -0.1) is 0 Å². The molecule has 0 bridgehead atoms. The fourth-order valence-corrected chi connectivity index (χ4v) is 9.23. The van der Waals surface area contributed by atoms with Crippen molar-refractivity contribution in [2.75, 3.05) is 231 Å². The van der Waals surface area contributed by atoms with E-state index in [1.54, 1.807) is 21.3 Å². The largest absolute Gasteiger partial charge is 0.481 e. The standard InChI is InChI=1S/C61H96N2O18/c1-60(20-25-70-36-41-78-48-45-74-32-29-66-3)53-13-9-11-15-55(53)62(22-27-72-38-43-80-50-47-76-34-31-68-5)57(60)17-7-6-8-18-58-61(2,21-26-71-37-42-79-49-46-75-33-30-67-4)54-14-10-12-16-56(54)63(58)23-28-73-39-44-81-52-51-77-40-35-69-24-19-59(64)65/h6-18H,19-52H2,1-5H3/p+1. The SMILES string of the molecule is COCCOCCOCCOCC[N+]1=C(/C=C/C=C/C=C2/N(CCOCCOCCOCCOCCC(=O)O)c3ccccc3C2(C)CCOCCOCCOCCOC)C(C)(CCOCCOCCOCCOC)c2ccccc21. The van der Waals surface area contributed by atoms with E-state index in [0.717, 1.165) is 35.6 Å². The molecule has 2 heterocycles. The molecule has 20 nitrogen and oxygen atoms in total. The molecule has 2 aliphatic heterocycles. The van der Waals surface area contributed by atoms with Crippen LogP contribution in [0.1, 0.15) is 44.2 Å². The molecule has 0 saturated carbocycles. The highest BCUT2D eigenvalue weighted by atomic mass is 16.6. The first-order valence-corrected chi connectivity index (χ1v) is 28.7. The van der Waals surface area contributed by atoms with Crippen molar-refractivity contribution >= 4 is 23.1 Å². The molecule has 0 saturated heterocycles. The van der Waals surface area contributed by atoms with Crippen LogP contribution in [0.3, 0.4) is 0 Å². The van der Waals surface area contributed by atoms with Gasteiger partial charge in [0.05, 0.1) is 184 Å². The average Bonchev–Trinajstić information content (AvgIpc) is 4.03. The summed E-state index contributed by atoms with van der Waals surface area (Å²) in [5, 5.41) is 8.74. The van der Waals surface area contributed by atoms with E-state index in [-0.39, 0.29) is 23.9 Å². The Kier molecular flexibility index (Phi) is 38.1. The average molecular weight is 1150 g/mol. The van der Waals surface area contributed by atoms with Gasteiger partial charge in [-0.3, -0.25) is 4.79 Å². The van der Waals surface area contributed by atoms with Crippen LogP contribution in [0.4, 0.5) is 11.4 Å². The zero-order chi connectivity index (χ0) is 57.7. The van der Waals surface area contributed by atoms with E-state index in [1.807, 2.05) is 0 Å². The fourth-order valence-electron chi connectivity index (χ4n) is 9.23. The number of methoxy groups -OCH3 is 3. The summed E-state index contributed by atoms with van der Waals surface area (Å²) >= 11 is 0. The van der Waals surface area contributed by atoms with Crippen LogP contribution >= 0.6 is 0 Å². The van der Waals surface area contributed by atoms with E-state index < -0.39 is 5.97 Å². The summed E-state index contributed by atoms with van der Waals surface area (Å²) in [5.41, 5.74) is 6.36. The van der Waals surface area contributed by atoms with Gasteiger partial charge in [-0.05, 0) is 44.4 Å². The molecule has 1 N–H and O–H groups in total. The highest BCUT2D eigenvalue weighted by Crippen LogP contribution is 2.50. The van der Waals surface area contributed by atoms with E-state index in [1.165, 1.54) is 11.1 Å². The predicted octanol–water partition coefficient (Wildman–Crippen LogP) is 6.23. The second kappa shape index (κ2) is 44.5. The molecule has 0 spiro atoms. The van der Waals surface area contributed by atoms with Crippen molar-refractivity contribution < 1.29 is 90.3 Å². The third kappa shape index (κ3) is 27.0. The van der Waals surface area contributed by atoms with Gasteiger partial charge in [0, 0.05) is 75.6 Å². The lowest BCUT2D eigenvalue weighted by Gasteiger charge is -2.30. The second-order valence-corrected chi connectivity index (χ2v) is 19.3. The number of nitrogens with zero attached hydrogens (tertiary/aromatic N) is 2. The molecule has 2 atom stereocenters. The number of benzene rings is 2. The zero-order valence-electron chi connectivity index (χ0n) is 49.3. The number of allylic oxidation sites excluding steroid dienone is 6. The minimum atomic E-state index is -0.885. The number of para-hydroxylation sites is 2. The number of carboxylic acid groups (broad SMARTS) is 1. The number of anilines is 1. The molecule has 2 aliphatic rings. The molecule has 0 fully saturated rings. The number of carboxylic acids is 1. The number of hydrogen-bond donors (Lipinski definition) is 1. The van der Waals surface area contributed by atoms with Crippen LogP contribution in [0, 0.1) is 0 Å². The van der Waals surface area contributed by atoms with Crippen molar-refractivity contribution in [1.29, 1.82) is 0 Å². The number of rotatable bonds is 54. The Morgan fingerprint density at radius 2 is 0.852 bits per heavy atom. The van der Waals surface area contributed by atoms with Gasteiger partial charge < -0.3 is 85.8 Å². The molecule has 4 rings (SSSR count). The summed E-state index contributed by atoms with van der Waals surface area (Å²) in [6.07, 6.45) is 12.3. The van der Waals surface area contributed by atoms with Gasteiger partial charge in [0.25, 0.3) is 0 Å². The topological polar surface area (TPSA) is 191 Å². The molecule has 2 aromatic carbocycles. The lowest BCUT2D eigenvalue weighted by molar-refractivity contribution is -0.442. The normalized spacial score (nSPS) is 17.5. The van der Waals surface area contributed by atoms with Crippen molar-refractivity contribution in [3.63, 3.8) is 0 Å². The Morgan fingerprint density at radius 1 is 0.457 bits per heavy atom. The van der Waals surface area contributed by atoms with Gasteiger partial charge in [-0.25, -0.2) is 0 Å². The molecule has 0 aliphatic carbocycles. The van der Waals surface area contributed by atoms with Crippen molar-refractivity contribution in [2.24, 2.45) is 0 Å². The summed E-state index contributed by atoms with van der Waals surface area (Å²) < 4.78 is 92.7. The molecule has 0 aromatic heterocycles. The maximum absolute atomic E-state index is 10.7. The highest BCUT2D eigenvalue weighted by Gasteiger charge is 2.47. The van der Waals surface area contributed by atoms with Gasteiger partial charge >= 0.3 is 5.97 Å². The summed E-state index contributed by atoms with van der Waals surface area (Å²) in [5.74, 6) is -0.885. The van der Waals surface area contributed by atoms with Gasteiger partial charge in [-0.2, -0.15) is 4.58 Å². The summed E-state index contributed by atoms with van der Waals surface area (Å²) in [4.78, 5) is 13.0. The van der Waals surface area contributed by atoms with Crippen LogP contribution in [0.25, 0.3) is 0 Å². The van der Waals surface area contributed by atoms with Crippen molar-refractivity contribution in [2.45, 2.75) is 43.9 Å². The lowest BCUT2D eigenvalue weighted by Crippen LogP contribution is -2.33. The minimum absolute atomic E-state index is 0.0258. The quantitative estimate of drug-likeness (QED) is 0.0445. The van der Waals surface area contributed by atoms with Gasteiger partial charge in [0.1, 0.15) is 6.61 Å². The van der Waals surface area contributed by atoms with Crippen LogP contribution in [0.2, 0.25) is 0 Å². The Hall–Kier alpha value is -4.04. The van der Waals surface area contributed by atoms with E-state index in [2.05, 4.69) is 102 Å². The highest BCUT2D eigenvalue weighted by molar-refractivity contribution is 6.03. The Labute approximate surface area is 482 Å². The molecule has 81 heavy (non-hydrogen) atoms. The number of ether oxygens (including phenoxy) is 16. The third-order valence-electron chi connectivity index (χ3n) is 13.5. The maximum atomic E-state index is 10.7.